The summed E-state index contributed by atoms with van der Waals surface area (Å²) in [5.41, 5.74) is 4.94. The van der Waals surface area contributed by atoms with E-state index in [-0.39, 0.29) is 0 Å². The summed E-state index contributed by atoms with van der Waals surface area (Å²) in [6.45, 7) is 3.95. The number of para-hydroxylation sites is 1. The lowest BCUT2D eigenvalue weighted by Crippen LogP contribution is -2.29. The molecule has 0 bridgehead atoms. The third-order valence-corrected chi connectivity index (χ3v) is 4.30. The number of halogens is 1. The van der Waals surface area contributed by atoms with Crippen molar-refractivity contribution in [3.63, 3.8) is 0 Å². The molecule has 1 aromatic carbocycles. The fourth-order valence-electron chi connectivity index (χ4n) is 2.82. The minimum Gasteiger partial charge on any atom is -0.367 e. The number of anilines is 1. The number of benzene rings is 1. The lowest BCUT2D eigenvalue weighted by Gasteiger charge is -2.31. The summed E-state index contributed by atoms with van der Waals surface area (Å²) < 4.78 is 1.75. The van der Waals surface area contributed by atoms with Crippen LogP contribution in [-0.2, 0) is 20.0 Å². The maximum absolute atomic E-state index is 6.33. The first kappa shape index (κ1) is 12.5. The van der Waals surface area contributed by atoms with Gasteiger partial charge in [0, 0.05) is 31.4 Å². The van der Waals surface area contributed by atoms with E-state index >= 15 is 0 Å². The van der Waals surface area contributed by atoms with Gasteiger partial charge in [0.15, 0.2) is 0 Å². The molecule has 0 N–H and O–H groups in total. The summed E-state index contributed by atoms with van der Waals surface area (Å²) in [6.07, 6.45) is 2.38. The standard InChI is InChI=1S/C15H18ClN3/c1-11-13(15(16)18(2)17-11)10-19-9-5-7-12-6-3-4-8-14(12)19/h3-4,6,8H,5,7,9-10H2,1-2H3. The van der Waals surface area contributed by atoms with Crippen LogP contribution in [0.5, 0.6) is 0 Å². The predicted octanol–water partition coefficient (Wildman–Crippen LogP) is 3.33. The molecule has 0 radical (unpaired) electrons. The summed E-state index contributed by atoms with van der Waals surface area (Å²) in [5.74, 6) is 0. The molecule has 0 unspecified atom stereocenters. The van der Waals surface area contributed by atoms with Crippen molar-refractivity contribution >= 4 is 17.3 Å². The number of aromatic nitrogens is 2. The van der Waals surface area contributed by atoms with Gasteiger partial charge < -0.3 is 4.90 Å². The van der Waals surface area contributed by atoms with E-state index in [1.165, 1.54) is 24.1 Å². The van der Waals surface area contributed by atoms with E-state index in [4.69, 9.17) is 11.6 Å². The van der Waals surface area contributed by atoms with Crippen LogP contribution >= 0.6 is 11.6 Å². The zero-order chi connectivity index (χ0) is 13.4. The molecular weight excluding hydrogens is 258 g/mol. The highest BCUT2D eigenvalue weighted by Gasteiger charge is 2.20. The van der Waals surface area contributed by atoms with Crippen LogP contribution in [0.2, 0.25) is 5.15 Å². The van der Waals surface area contributed by atoms with Gasteiger partial charge in [0.25, 0.3) is 0 Å². The molecule has 3 nitrogen and oxygen atoms in total. The minimum absolute atomic E-state index is 0.751. The highest BCUT2D eigenvalue weighted by Crippen LogP contribution is 2.30. The van der Waals surface area contributed by atoms with Crippen LogP contribution in [0.15, 0.2) is 24.3 Å². The van der Waals surface area contributed by atoms with Crippen molar-refractivity contribution in [2.75, 3.05) is 11.4 Å². The van der Waals surface area contributed by atoms with E-state index in [0.29, 0.717) is 0 Å². The van der Waals surface area contributed by atoms with Gasteiger partial charge in [-0.15, -0.1) is 0 Å². The molecular formula is C15H18ClN3. The second-order valence-electron chi connectivity index (χ2n) is 5.13. The van der Waals surface area contributed by atoms with Crippen LogP contribution in [0.3, 0.4) is 0 Å². The lowest BCUT2D eigenvalue weighted by molar-refractivity contribution is 0.689. The van der Waals surface area contributed by atoms with Crippen molar-refractivity contribution in [1.29, 1.82) is 0 Å². The first-order valence-corrected chi connectivity index (χ1v) is 7.05. The van der Waals surface area contributed by atoms with Crippen molar-refractivity contribution in [2.24, 2.45) is 7.05 Å². The number of rotatable bonds is 2. The zero-order valence-corrected chi connectivity index (χ0v) is 12.1. The predicted molar refractivity (Wildman–Crippen MR) is 78.8 cm³/mol. The smallest absolute Gasteiger partial charge is 0.131 e. The van der Waals surface area contributed by atoms with E-state index in [2.05, 4.69) is 34.3 Å². The molecule has 0 spiro atoms. The van der Waals surface area contributed by atoms with Gasteiger partial charge in [-0.1, -0.05) is 29.8 Å². The van der Waals surface area contributed by atoms with Crippen molar-refractivity contribution in [3.05, 3.63) is 46.2 Å². The van der Waals surface area contributed by atoms with E-state index < -0.39 is 0 Å². The summed E-state index contributed by atoms with van der Waals surface area (Å²) in [4.78, 5) is 2.41. The highest BCUT2D eigenvalue weighted by molar-refractivity contribution is 6.30. The average molecular weight is 276 g/mol. The third-order valence-electron chi connectivity index (χ3n) is 3.83. The van der Waals surface area contributed by atoms with Crippen LogP contribution < -0.4 is 4.90 Å². The van der Waals surface area contributed by atoms with Gasteiger partial charge in [0.2, 0.25) is 0 Å². The van der Waals surface area contributed by atoms with Crippen molar-refractivity contribution < 1.29 is 0 Å². The topological polar surface area (TPSA) is 21.1 Å². The van der Waals surface area contributed by atoms with Crippen LogP contribution in [0.25, 0.3) is 0 Å². The van der Waals surface area contributed by atoms with Crippen LogP contribution in [0.1, 0.15) is 23.2 Å². The minimum atomic E-state index is 0.751. The van der Waals surface area contributed by atoms with Crippen molar-refractivity contribution in [3.8, 4) is 0 Å². The molecule has 0 amide bonds. The van der Waals surface area contributed by atoms with Gasteiger partial charge >= 0.3 is 0 Å². The van der Waals surface area contributed by atoms with E-state index in [9.17, 15) is 0 Å². The van der Waals surface area contributed by atoms with Crippen LogP contribution in [0.4, 0.5) is 5.69 Å². The Morgan fingerprint density at radius 1 is 1.32 bits per heavy atom. The maximum Gasteiger partial charge on any atom is 0.131 e. The Balaban J connectivity index is 1.93. The zero-order valence-electron chi connectivity index (χ0n) is 11.4. The van der Waals surface area contributed by atoms with E-state index in [1.807, 2.05) is 14.0 Å². The summed E-state index contributed by atoms with van der Waals surface area (Å²) in [5, 5.41) is 5.14. The van der Waals surface area contributed by atoms with E-state index in [0.717, 1.165) is 29.5 Å². The molecule has 4 heteroatoms. The van der Waals surface area contributed by atoms with Crippen LogP contribution in [-0.4, -0.2) is 16.3 Å². The Labute approximate surface area is 118 Å². The second-order valence-corrected chi connectivity index (χ2v) is 5.49. The monoisotopic (exact) mass is 275 g/mol. The molecule has 1 aromatic heterocycles. The van der Waals surface area contributed by atoms with Crippen molar-refractivity contribution in [2.45, 2.75) is 26.3 Å². The second kappa shape index (κ2) is 4.89. The van der Waals surface area contributed by atoms with Gasteiger partial charge in [-0.05, 0) is 31.4 Å². The summed E-state index contributed by atoms with van der Waals surface area (Å²) in [6, 6.07) is 8.65. The molecule has 2 aromatic rings. The highest BCUT2D eigenvalue weighted by atomic mass is 35.5. The molecule has 0 saturated heterocycles. The average Bonchev–Trinajstić information content (AvgIpc) is 2.66. The van der Waals surface area contributed by atoms with E-state index in [1.54, 1.807) is 4.68 Å². The Morgan fingerprint density at radius 2 is 2.11 bits per heavy atom. The molecule has 19 heavy (non-hydrogen) atoms. The Hall–Kier alpha value is -1.48. The normalized spacial score (nSPS) is 14.6. The van der Waals surface area contributed by atoms with Gasteiger partial charge in [-0.25, -0.2) is 0 Å². The third kappa shape index (κ3) is 2.23. The fraction of sp³-hybridized carbons (Fsp3) is 0.400. The molecule has 1 aliphatic heterocycles. The molecule has 0 atom stereocenters. The fourth-order valence-corrected chi connectivity index (χ4v) is 3.05. The quantitative estimate of drug-likeness (QED) is 0.838. The number of hydrogen-bond donors (Lipinski definition) is 0. The van der Waals surface area contributed by atoms with Crippen LogP contribution in [0, 0.1) is 6.92 Å². The number of fused-ring (bicyclic) bond motifs is 1. The maximum atomic E-state index is 6.33. The molecule has 0 fully saturated rings. The lowest BCUT2D eigenvalue weighted by atomic mass is 10.0. The SMILES string of the molecule is Cc1nn(C)c(Cl)c1CN1CCCc2ccccc21. The largest absolute Gasteiger partial charge is 0.367 e. The first-order chi connectivity index (χ1) is 9.16. The van der Waals surface area contributed by atoms with Gasteiger partial charge in [-0.2, -0.15) is 5.10 Å². The molecule has 1 aliphatic rings. The summed E-state index contributed by atoms with van der Waals surface area (Å²) in [7, 11) is 1.89. The Morgan fingerprint density at radius 3 is 2.84 bits per heavy atom. The number of hydrogen-bond acceptors (Lipinski definition) is 2. The molecule has 100 valence electrons. The molecule has 3 rings (SSSR count). The van der Waals surface area contributed by atoms with Gasteiger partial charge in [0.05, 0.1) is 5.69 Å². The Kier molecular flexibility index (Phi) is 3.23. The molecule has 0 aliphatic carbocycles. The number of nitrogens with zero attached hydrogens (tertiary/aromatic N) is 3. The molecule has 2 heterocycles. The van der Waals surface area contributed by atoms with Gasteiger partial charge in [-0.3, -0.25) is 4.68 Å². The Bertz CT molecular complexity index is 603. The van der Waals surface area contributed by atoms with Crippen molar-refractivity contribution in [1.82, 2.24) is 9.78 Å². The summed E-state index contributed by atoms with van der Waals surface area (Å²) >= 11 is 6.33. The number of aryl methyl sites for hydroxylation is 3. The molecule has 0 saturated carbocycles. The van der Waals surface area contributed by atoms with Gasteiger partial charge in [0.1, 0.15) is 5.15 Å². The first-order valence-electron chi connectivity index (χ1n) is 6.67.